The molecule has 0 aliphatic carbocycles. The van der Waals surface area contributed by atoms with Crippen molar-refractivity contribution in [3.63, 3.8) is 0 Å². The summed E-state index contributed by atoms with van der Waals surface area (Å²) in [7, 11) is 0. The molecule has 0 aromatic heterocycles. The van der Waals surface area contributed by atoms with Gasteiger partial charge in [0, 0.05) is 6.54 Å². The molecule has 0 saturated heterocycles. The van der Waals surface area contributed by atoms with E-state index in [-0.39, 0.29) is 19.0 Å². The number of halogens is 2. The number of rotatable bonds is 10. The van der Waals surface area contributed by atoms with Crippen LogP contribution in [0.5, 0.6) is 11.5 Å². The van der Waals surface area contributed by atoms with E-state index in [4.69, 9.17) is 15.2 Å². The van der Waals surface area contributed by atoms with Gasteiger partial charge in [-0.3, -0.25) is 4.79 Å². The zero-order chi connectivity index (χ0) is 15.7. The third-order valence-corrected chi connectivity index (χ3v) is 3.35. The van der Waals surface area contributed by atoms with Crippen LogP contribution in [0.15, 0.2) is 16.6 Å². The number of amides is 1. The van der Waals surface area contributed by atoms with Gasteiger partial charge in [-0.15, -0.1) is 12.4 Å². The average Bonchev–Trinajstić information content (AvgIpc) is 2.43. The molecule has 0 fully saturated rings. The SMILES string of the molecule is CCCCNCc1cc(Br)c(OCC(N)=O)c(OCC)c1.Cl. The molecule has 0 aliphatic rings. The smallest absolute Gasteiger partial charge is 0.255 e. The molecule has 0 aliphatic heterocycles. The molecule has 3 N–H and O–H groups in total. The first-order valence-electron chi connectivity index (χ1n) is 7.15. The van der Waals surface area contributed by atoms with Crippen molar-refractivity contribution in [1.82, 2.24) is 5.32 Å². The fraction of sp³-hybridized carbons (Fsp3) is 0.533. The van der Waals surface area contributed by atoms with Gasteiger partial charge in [0.25, 0.3) is 5.91 Å². The number of nitrogens with one attached hydrogen (secondary N) is 1. The lowest BCUT2D eigenvalue weighted by atomic mass is 10.2. The highest BCUT2D eigenvalue weighted by Gasteiger charge is 2.13. The van der Waals surface area contributed by atoms with E-state index in [2.05, 4.69) is 28.2 Å². The number of carbonyl (C=O) groups is 1. The van der Waals surface area contributed by atoms with E-state index in [1.807, 2.05) is 19.1 Å². The number of benzene rings is 1. The molecule has 1 amide bonds. The molecule has 0 spiro atoms. The zero-order valence-electron chi connectivity index (χ0n) is 13.0. The molecule has 0 bridgehead atoms. The molecule has 0 atom stereocenters. The van der Waals surface area contributed by atoms with Crippen LogP contribution in [-0.2, 0) is 11.3 Å². The quantitative estimate of drug-likeness (QED) is 0.597. The summed E-state index contributed by atoms with van der Waals surface area (Å²) in [4.78, 5) is 10.9. The van der Waals surface area contributed by atoms with Gasteiger partial charge in [0.15, 0.2) is 18.1 Å². The van der Waals surface area contributed by atoms with E-state index in [1.165, 1.54) is 6.42 Å². The Morgan fingerprint density at radius 1 is 1.32 bits per heavy atom. The Bertz CT molecular complexity index is 472. The summed E-state index contributed by atoms with van der Waals surface area (Å²) < 4.78 is 11.7. The van der Waals surface area contributed by atoms with Gasteiger partial charge in [0.1, 0.15) is 0 Å². The minimum atomic E-state index is -0.519. The van der Waals surface area contributed by atoms with Crippen LogP contribution < -0.4 is 20.5 Å². The van der Waals surface area contributed by atoms with Crippen LogP contribution in [0.3, 0.4) is 0 Å². The van der Waals surface area contributed by atoms with E-state index < -0.39 is 5.91 Å². The largest absolute Gasteiger partial charge is 0.490 e. The molecule has 126 valence electrons. The number of carbonyl (C=O) groups excluding carboxylic acids is 1. The van der Waals surface area contributed by atoms with Crippen molar-refractivity contribution in [2.24, 2.45) is 5.73 Å². The summed E-state index contributed by atoms with van der Waals surface area (Å²) in [5.74, 6) is 0.600. The highest BCUT2D eigenvalue weighted by atomic mass is 79.9. The van der Waals surface area contributed by atoms with E-state index in [1.54, 1.807) is 0 Å². The maximum atomic E-state index is 10.9. The zero-order valence-corrected chi connectivity index (χ0v) is 15.4. The van der Waals surface area contributed by atoms with Crippen molar-refractivity contribution in [3.05, 3.63) is 22.2 Å². The molecule has 5 nitrogen and oxygen atoms in total. The van der Waals surface area contributed by atoms with Crippen LogP contribution in [0.25, 0.3) is 0 Å². The van der Waals surface area contributed by atoms with Crippen molar-refractivity contribution in [2.75, 3.05) is 19.8 Å². The standard InChI is InChI=1S/C15H23BrN2O3.ClH/c1-3-5-6-18-9-11-7-12(16)15(21-10-14(17)19)13(8-11)20-4-2;/h7-8,18H,3-6,9-10H2,1-2H3,(H2,17,19);1H. The normalized spacial score (nSPS) is 9.95. The third kappa shape index (κ3) is 7.33. The lowest BCUT2D eigenvalue weighted by Crippen LogP contribution is -2.20. The Morgan fingerprint density at radius 2 is 2.05 bits per heavy atom. The average molecular weight is 396 g/mol. The van der Waals surface area contributed by atoms with Crippen molar-refractivity contribution >= 4 is 34.2 Å². The Hall–Kier alpha value is -0.980. The number of hydrogen-bond acceptors (Lipinski definition) is 4. The van der Waals surface area contributed by atoms with E-state index in [0.717, 1.165) is 29.5 Å². The van der Waals surface area contributed by atoms with Crippen LogP contribution in [0.2, 0.25) is 0 Å². The van der Waals surface area contributed by atoms with Crippen molar-refractivity contribution in [2.45, 2.75) is 33.2 Å². The molecule has 1 rings (SSSR count). The topological polar surface area (TPSA) is 73.6 Å². The van der Waals surface area contributed by atoms with E-state index in [9.17, 15) is 4.79 Å². The summed E-state index contributed by atoms with van der Waals surface area (Å²) >= 11 is 3.46. The highest BCUT2D eigenvalue weighted by Crippen LogP contribution is 2.36. The predicted octanol–water partition coefficient (Wildman–Crippen LogP) is 3.02. The maximum absolute atomic E-state index is 10.9. The molecular formula is C15H24BrClN2O3. The van der Waals surface area contributed by atoms with Crippen LogP contribution in [-0.4, -0.2) is 25.7 Å². The number of hydrogen-bond donors (Lipinski definition) is 2. The monoisotopic (exact) mass is 394 g/mol. The molecule has 0 unspecified atom stereocenters. The Kier molecular flexibility index (Phi) is 11.1. The fourth-order valence-corrected chi connectivity index (χ4v) is 2.41. The number of primary amides is 1. The minimum absolute atomic E-state index is 0. The summed E-state index contributed by atoms with van der Waals surface area (Å²) in [6.45, 7) is 6.15. The van der Waals surface area contributed by atoms with Gasteiger partial charge >= 0.3 is 0 Å². The van der Waals surface area contributed by atoms with E-state index in [0.29, 0.717) is 18.1 Å². The number of nitrogens with two attached hydrogens (primary N) is 1. The minimum Gasteiger partial charge on any atom is -0.490 e. The molecule has 0 heterocycles. The molecule has 0 saturated carbocycles. The maximum Gasteiger partial charge on any atom is 0.255 e. The molecule has 0 radical (unpaired) electrons. The summed E-state index contributed by atoms with van der Waals surface area (Å²) in [5.41, 5.74) is 6.20. The van der Waals surface area contributed by atoms with Gasteiger partial charge in [-0.25, -0.2) is 0 Å². The Morgan fingerprint density at radius 3 is 2.64 bits per heavy atom. The molecule has 1 aromatic carbocycles. The van der Waals surface area contributed by atoms with E-state index >= 15 is 0 Å². The number of unbranched alkanes of at least 4 members (excludes halogenated alkanes) is 1. The van der Waals surface area contributed by atoms with Gasteiger partial charge in [-0.1, -0.05) is 13.3 Å². The van der Waals surface area contributed by atoms with Crippen LogP contribution in [0, 0.1) is 0 Å². The molecule has 7 heteroatoms. The second-order valence-corrected chi connectivity index (χ2v) is 5.48. The van der Waals surface area contributed by atoms with Crippen molar-refractivity contribution in [1.29, 1.82) is 0 Å². The molecule has 1 aromatic rings. The second kappa shape index (κ2) is 11.6. The Balaban J connectivity index is 0.00000441. The molecule has 22 heavy (non-hydrogen) atoms. The first kappa shape index (κ1) is 21.0. The van der Waals surface area contributed by atoms with Gasteiger partial charge in [0.2, 0.25) is 0 Å². The third-order valence-electron chi connectivity index (χ3n) is 2.76. The second-order valence-electron chi connectivity index (χ2n) is 4.62. The predicted molar refractivity (Wildman–Crippen MR) is 93.9 cm³/mol. The Labute approximate surface area is 146 Å². The summed E-state index contributed by atoms with van der Waals surface area (Å²) in [6, 6.07) is 3.88. The lowest BCUT2D eigenvalue weighted by molar-refractivity contribution is -0.119. The first-order valence-corrected chi connectivity index (χ1v) is 7.94. The summed E-state index contributed by atoms with van der Waals surface area (Å²) in [5, 5.41) is 3.38. The van der Waals surface area contributed by atoms with Crippen molar-refractivity contribution in [3.8, 4) is 11.5 Å². The fourth-order valence-electron chi connectivity index (χ4n) is 1.80. The van der Waals surface area contributed by atoms with Crippen LogP contribution in [0.1, 0.15) is 32.3 Å². The summed E-state index contributed by atoms with van der Waals surface area (Å²) in [6.07, 6.45) is 2.32. The molecular weight excluding hydrogens is 372 g/mol. The lowest BCUT2D eigenvalue weighted by Gasteiger charge is -2.15. The van der Waals surface area contributed by atoms with Gasteiger partial charge in [0.05, 0.1) is 11.1 Å². The van der Waals surface area contributed by atoms with Crippen LogP contribution >= 0.6 is 28.3 Å². The first-order chi connectivity index (χ1) is 10.1. The number of ether oxygens (including phenoxy) is 2. The highest BCUT2D eigenvalue weighted by molar-refractivity contribution is 9.10. The van der Waals surface area contributed by atoms with Gasteiger partial charge in [-0.05, 0) is 53.5 Å². The van der Waals surface area contributed by atoms with Gasteiger partial charge < -0.3 is 20.5 Å². The van der Waals surface area contributed by atoms with Crippen LogP contribution in [0.4, 0.5) is 0 Å². The van der Waals surface area contributed by atoms with Crippen molar-refractivity contribution < 1.29 is 14.3 Å². The van der Waals surface area contributed by atoms with Gasteiger partial charge in [-0.2, -0.15) is 0 Å².